The van der Waals surface area contributed by atoms with Crippen molar-refractivity contribution in [3.05, 3.63) is 96.3 Å². The fourth-order valence-corrected chi connectivity index (χ4v) is 6.85. The van der Waals surface area contributed by atoms with Crippen molar-refractivity contribution in [2.75, 3.05) is 35.2 Å². The lowest BCUT2D eigenvalue weighted by Gasteiger charge is -2.22. The van der Waals surface area contributed by atoms with Gasteiger partial charge in [0.15, 0.2) is 29.3 Å². The number of ether oxygens (including phenoxy) is 1. The summed E-state index contributed by atoms with van der Waals surface area (Å²) in [5.41, 5.74) is 3.08. The first kappa shape index (κ1) is 35.6. The number of nitrogens with zero attached hydrogens (tertiary/aromatic N) is 10. The lowest BCUT2D eigenvalue weighted by molar-refractivity contribution is -0.0384. The summed E-state index contributed by atoms with van der Waals surface area (Å²) in [6.45, 7) is 3.58. The van der Waals surface area contributed by atoms with E-state index in [1.54, 1.807) is 53.4 Å². The molecule has 0 bridgehead atoms. The van der Waals surface area contributed by atoms with Gasteiger partial charge in [0.25, 0.3) is 0 Å². The van der Waals surface area contributed by atoms with Gasteiger partial charge in [-0.25, -0.2) is 9.78 Å². The maximum atomic E-state index is 12.8. The van der Waals surface area contributed by atoms with Gasteiger partial charge in [0.1, 0.15) is 23.7 Å². The number of carbonyl (C=O) groups is 1. The molecule has 4 aromatic heterocycles. The minimum Gasteiger partial charge on any atom is -0.508 e. The molecule has 2 saturated heterocycles. The molecule has 55 heavy (non-hydrogen) atoms. The molecule has 2 aromatic carbocycles. The van der Waals surface area contributed by atoms with Crippen LogP contribution in [0.15, 0.2) is 79.4 Å². The predicted molar refractivity (Wildman–Crippen MR) is 197 cm³/mol. The van der Waals surface area contributed by atoms with Crippen molar-refractivity contribution in [3.63, 3.8) is 0 Å². The van der Waals surface area contributed by atoms with Gasteiger partial charge in [-0.15, -0.1) is 10.2 Å². The number of hydrogen-bond acceptors (Lipinski definition) is 15. The highest BCUT2D eigenvalue weighted by atomic mass is 16.6. The number of anilines is 3. The van der Waals surface area contributed by atoms with E-state index in [-0.39, 0.29) is 35.3 Å². The van der Waals surface area contributed by atoms with Gasteiger partial charge in [0.2, 0.25) is 11.8 Å². The number of phenols is 2. The Balaban J connectivity index is 1.11. The number of tetrazole rings is 1. The lowest BCUT2D eigenvalue weighted by atomic mass is 9.91. The average molecular weight is 750 g/mol. The summed E-state index contributed by atoms with van der Waals surface area (Å²) < 4.78 is 7.73. The van der Waals surface area contributed by atoms with Gasteiger partial charge in [0, 0.05) is 37.8 Å². The minimum atomic E-state index is -1.39. The fourth-order valence-electron chi connectivity index (χ4n) is 6.85. The van der Waals surface area contributed by atoms with E-state index in [0.717, 1.165) is 11.1 Å². The third-order valence-electron chi connectivity index (χ3n) is 9.72. The molecule has 19 nitrogen and oxygen atoms in total. The molecule has 0 aliphatic carbocycles. The molecule has 8 rings (SSSR count). The number of pyridine rings is 1. The number of fused-ring (bicyclic) bond motifs is 1. The molecular weight excluding hydrogens is 710 g/mol. The Kier molecular flexibility index (Phi) is 9.79. The van der Waals surface area contributed by atoms with E-state index in [0.29, 0.717) is 61.2 Å². The molecule has 2 amide bonds. The van der Waals surface area contributed by atoms with E-state index in [2.05, 4.69) is 41.3 Å². The number of aromatic nitrogens is 9. The highest BCUT2D eigenvalue weighted by molar-refractivity contribution is 5.89. The summed E-state index contributed by atoms with van der Waals surface area (Å²) in [6, 6.07) is 16.7. The molecule has 2 fully saturated rings. The second kappa shape index (κ2) is 15.1. The van der Waals surface area contributed by atoms with Crippen LogP contribution in [-0.2, 0) is 11.3 Å². The molecule has 6 aromatic rings. The Morgan fingerprint density at radius 1 is 1.00 bits per heavy atom. The van der Waals surface area contributed by atoms with Crippen LogP contribution >= 0.6 is 0 Å². The Labute approximate surface area is 313 Å². The van der Waals surface area contributed by atoms with E-state index in [4.69, 9.17) is 14.7 Å². The van der Waals surface area contributed by atoms with Crippen LogP contribution in [0.5, 0.6) is 11.5 Å². The first-order chi connectivity index (χ1) is 26.7. The largest absolute Gasteiger partial charge is 0.508 e. The maximum absolute atomic E-state index is 12.8. The van der Waals surface area contributed by atoms with Crippen molar-refractivity contribution < 1.29 is 30.0 Å². The Morgan fingerprint density at radius 3 is 2.42 bits per heavy atom. The van der Waals surface area contributed by atoms with Crippen LogP contribution in [0.2, 0.25) is 0 Å². The molecule has 5 atom stereocenters. The van der Waals surface area contributed by atoms with E-state index in [1.165, 1.54) is 11.1 Å². The number of aliphatic hydroxyl groups is 2. The molecule has 2 aliphatic heterocycles. The zero-order valence-electron chi connectivity index (χ0n) is 29.6. The quantitative estimate of drug-likeness (QED) is 0.100. The average Bonchev–Trinajstić information content (AvgIpc) is 4.01. The molecule has 0 spiro atoms. The number of amides is 2. The van der Waals surface area contributed by atoms with Crippen LogP contribution < -0.4 is 20.9 Å². The van der Waals surface area contributed by atoms with Crippen molar-refractivity contribution in [2.45, 2.75) is 56.4 Å². The molecule has 6 heterocycles. The smallest absolute Gasteiger partial charge is 0.319 e. The highest BCUT2D eigenvalue weighted by Crippen LogP contribution is 2.39. The van der Waals surface area contributed by atoms with Crippen LogP contribution in [0, 0.1) is 0 Å². The van der Waals surface area contributed by atoms with Gasteiger partial charge >= 0.3 is 6.03 Å². The van der Waals surface area contributed by atoms with Gasteiger partial charge in [-0.1, -0.05) is 24.3 Å². The van der Waals surface area contributed by atoms with Gasteiger partial charge in [-0.3, -0.25) is 9.55 Å². The molecule has 0 saturated carbocycles. The maximum Gasteiger partial charge on any atom is 0.319 e. The normalized spacial score (nSPS) is 21.0. The Hall–Kier alpha value is -6.44. The summed E-state index contributed by atoms with van der Waals surface area (Å²) in [4.78, 5) is 34.6. The summed E-state index contributed by atoms with van der Waals surface area (Å²) in [5.74, 6) is 0.902. The van der Waals surface area contributed by atoms with Crippen LogP contribution in [0.1, 0.15) is 48.5 Å². The number of rotatable bonds is 11. The van der Waals surface area contributed by atoms with Gasteiger partial charge in [-0.2, -0.15) is 14.8 Å². The minimum absolute atomic E-state index is 0.135. The monoisotopic (exact) mass is 749 g/mol. The Bertz CT molecular complexity index is 2210. The molecule has 1 unspecified atom stereocenters. The molecule has 19 heteroatoms. The van der Waals surface area contributed by atoms with Crippen LogP contribution in [-0.4, -0.2) is 109 Å². The zero-order chi connectivity index (χ0) is 38.1. The summed E-state index contributed by atoms with van der Waals surface area (Å²) in [6.07, 6.45) is 0.359. The van der Waals surface area contributed by atoms with Crippen molar-refractivity contribution in [3.8, 4) is 11.5 Å². The van der Waals surface area contributed by atoms with Crippen LogP contribution in [0.25, 0.3) is 11.2 Å². The summed E-state index contributed by atoms with van der Waals surface area (Å²) in [7, 11) is 0. The number of aryl methyl sites for hydroxylation is 1. The molecule has 284 valence electrons. The third kappa shape index (κ3) is 7.39. The SMILES string of the molecule is CCn1nnc([C@H]2O[C@@H](n3cnc4c(NCC(c5ccc(O)cc5)c5ccc(O)cc5)nc(N5CCC(NC(=O)Nc6cccnc6)C5)nc43)[C@H](O)[C@@H]2O)n1. The number of hydrogen-bond donors (Lipinski definition) is 7. The second-order valence-electron chi connectivity index (χ2n) is 13.3. The van der Waals surface area contributed by atoms with Crippen molar-refractivity contribution in [2.24, 2.45) is 0 Å². The second-order valence-corrected chi connectivity index (χ2v) is 13.3. The van der Waals surface area contributed by atoms with Gasteiger partial charge < -0.3 is 46.0 Å². The van der Waals surface area contributed by atoms with Gasteiger partial charge in [-0.05, 0) is 66.1 Å². The number of aliphatic hydroxyl groups excluding tert-OH is 2. The molecule has 2 aliphatic rings. The molecular formula is C36H39N13O6. The van der Waals surface area contributed by atoms with E-state index in [1.807, 2.05) is 36.1 Å². The zero-order valence-corrected chi connectivity index (χ0v) is 29.6. The number of benzene rings is 2. The molecule has 0 radical (unpaired) electrons. The van der Waals surface area contributed by atoms with Crippen LogP contribution in [0.4, 0.5) is 22.2 Å². The van der Waals surface area contributed by atoms with Crippen molar-refractivity contribution >= 4 is 34.6 Å². The van der Waals surface area contributed by atoms with E-state index in [9.17, 15) is 25.2 Å². The van der Waals surface area contributed by atoms with Crippen molar-refractivity contribution in [1.29, 1.82) is 0 Å². The standard InChI is InChI=1S/C36H39N13O6/c1-2-49-45-32(44-46-49)30-28(52)29(53)34(55-30)48-19-39-27-31(38-17-26(20-5-9-24(50)10-6-20)21-7-11-25(51)12-8-21)42-35(43-33(27)48)47-15-13-23(18-47)41-36(54)40-22-4-3-14-37-16-22/h3-12,14,16,19,23,26,28-30,34,50-53H,2,13,15,17-18H2,1H3,(H,38,42,43)(H2,40,41,54)/t23?,28-,29+,30-,34+/m0/s1. The summed E-state index contributed by atoms with van der Waals surface area (Å²) in [5, 5.41) is 63.8. The third-order valence-corrected chi connectivity index (χ3v) is 9.72. The number of carbonyl (C=O) groups excluding carboxylic acids is 1. The predicted octanol–water partition coefficient (Wildman–Crippen LogP) is 2.28. The number of nitrogens with one attached hydrogen (secondary N) is 3. The highest BCUT2D eigenvalue weighted by Gasteiger charge is 2.47. The topological polar surface area (TPSA) is 247 Å². The van der Waals surface area contributed by atoms with E-state index < -0.39 is 24.5 Å². The fraction of sp³-hybridized carbons (Fsp3) is 0.333. The number of aromatic hydroxyl groups is 2. The molecule has 7 N–H and O–H groups in total. The van der Waals surface area contributed by atoms with Gasteiger partial charge in [0.05, 0.1) is 24.8 Å². The van der Waals surface area contributed by atoms with Crippen molar-refractivity contribution in [1.82, 2.24) is 50.0 Å². The number of imidazole rings is 1. The Morgan fingerprint density at radius 2 is 1.75 bits per heavy atom. The number of phenolic OH excluding ortho intramolecular Hbond substituents is 2. The lowest BCUT2D eigenvalue weighted by Crippen LogP contribution is -2.40. The van der Waals surface area contributed by atoms with E-state index >= 15 is 0 Å². The first-order valence-electron chi connectivity index (χ1n) is 17.8. The first-order valence-corrected chi connectivity index (χ1v) is 17.8. The number of urea groups is 1. The summed E-state index contributed by atoms with van der Waals surface area (Å²) >= 11 is 0. The van der Waals surface area contributed by atoms with Crippen LogP contribution in [0.3, 0.4) is 0 Å².